The van der Waals surface area contributed by atoms with E-state index in [9.17, 15) is 4.79 Å². The number of carbonyl (C=O) groups is 1. The summed E-state index contributed by atoms with van der Waals surface area (Å²) < 4.78 is 2.58. The van der Waals surface area contributed by atoms with Crippen molar-refractivity contribution in [1.29, 1.82) is 0 Å². The predicted molar refractivity (Wildman–Crippen MR) is 70.3 cm³/mol. The molecule has 0 bridgehead atoms. The Morgan fingerprint density at radius 2 is 2.35 bits per heavy atom. The van der Waals surface area contributed by atoms with Crippen molar-refractivity contribution >= 4 is 39.1 Å². The van der Waals surface area contributed by atoms with Gasteiger partial charge in [-0.15, -0.1) is 0 Å². The number of nitrogens with zero attached hydrogens (tertiary/aromatic N) is 2. The first-order valence-electron chi connectivity index (χ1n) is 4.80. The first-order valence-corrected chi connectivity index (χ1v) is 5.98. The van der Waals surface area contributed by atoms with Crippen molar-refractivity contribution < 1.29 is 4.79 Å². The van der Waals surface area contributed by atoms with Crippen molar-refractivity contribution in [2.45, 2.75) is 0 Å². The fourth-order valence-electron chi connectivity index (χ4n) is 1.41. The summed E-state index contributed by atoms with van der Waals surface area (Å²) >= 11 is 9.24. The zero-order chi connectivity index (χ0) is 12.4. The Labute approximate surface area is 112 Å². The molecule has 1 N–H and O–H groups in total. The molecule has 1 amide bonds. The third kappa shape index (κ3) is 2.68. The number of rotatable bonds is 2. The Hall–Kier alpha value is -1.33. The van der Waals surface area contributed by atoms with Crippen molar-refractivity contribution in [1.82, 2.24) is 9.55 Å². The summed E-state index contributed by atoms with van der Waals surface area (Å²) in [6, 6.07) is 3.36. The molecule has 0 spiro atoms. The molecule has 0 saturated heterocycles. The minimum atomic E-state index is -0.229. The van der Waals surface area contributed by atoms with Crippen LogP contribution in [0.25, 0.3) is 0 Å². The zero-order valence-corrected chi connectivity index (χ0v) is 11.3. The van der Waals surface area contributed by atoms with Gasteiger partial charge in [0.25, 0.3) is 5.91 Å². The number of hydrogen-bond acceptors (Lipinski definition) is 2. The van der Waals surface area contributed by atoms with E-state index in [-0.39, 0.29) is 5.91 Å². The highest BCUT2D eigenvalue weighted by Gasteiger charge is 2.12. The second-order valence-electron chi connectivity index (χ2n) is 3.46. The van der Waals surface area contributed by atoms with Gasteiger partial charge in [0.15, 0.2) is 0 Å². The van der Waals surface area contributed by atoms with Crippen LogP contribution in [0.1, 0.15) is 10.5 Å². The van der Waals surface area contributed by atoms with Gasteiger partial charge in [-0.2, -0.15) is 0 Å². The molecule has 0 unspecified atom stereocenters. The zero-order valence-electron chi connectivity index (χ0n) is 8.95. The molecule has 0 radical (unpaired) electrons. The van der Waals surface area contributed by atoms with Crippen LogP contribution in [0.3, 0.4) is 0 Å². The lowest BCUT2D eigenvalue weighted by Crippen LogP contribution is -2.15. The Morgan fingerprint density at radius 1 is 1.59 bits per heavy atom. The number of nitrogens with one attached hydrogen (secondary N) is 1. The summed E-state index contributed by atoms with van der Waals surface area (Å²) in [5.74, 6) is -0.229. The van der Waals surface area contributed by atoms with Gasteiger partial charge >= 0.3 is 0 Å². The van der Waals surface area contributed by atoms with E-state index in [1.807, 2.05) is 0 Å². The van der Waals surface area contributed by atoms with E-state index in [1.54, 1.807) is 36.1 Å². The average molecular weight is 315 g/mol. The molecule has 0 aliphatic carbocycles. The van der Waals surface area contributed by atoms with Gasteiger partial charge in [-0.25, -0.2) is 0 Å². The minimum absolute atomic E-state index is 0.229. The lowest BCUT2D eigenvalue weighted by atomic mass is 10.3. The van der Waals surface area contributed by atoms with Crippen molar-refractivity contribution in [2.24, 2.45) is 7.05 Å². The number of amides is 1. The topological polar surface area (TPSA) is 46.9 Å². The average Bonchev–Trinajstić information content (AvgIpc) is 2.61. The molecule has 2 rings (SSSR count). The second kappa shape index (κ2) is 4.89. The molecule has 0 saturated carbocycles. The normalized spacial score (nSPS) is 10.3. The van der Waals surface area contributed by atoms with E-state index in [2.05, 4.69) is 26.2 Å². The largest absolute Gasteiger partial charge is 0.345 e. The maximum atomic E-state index is 12.0. The highest BCUT2D eigenvalue weighted by molar-refractivity contribution is 9.10. The van der Waals surface area contributed by atoms with Crippen molar-refractivity contribution in [2.75, 3.05) is 5.32 Å². The third-order valence-corrected chi connectivity index (χ3v) is 2.98. The maximum Gasteiger partial charge on any atom is 0.272 e. The van der Waals surface area contributed by atoms with Gasteiger partial charge in [0.2, 0.25) is 0 Å². The smallest absolute Gasteiger partial charge is 0.272 e. The number of anilines is 1. The molecule has 2 aromatic rings. The number of halogens is 2. The van der Waals surface area contributed by atoms with Crippen LogP contribution < -0.4 is 5.32 Å². The summed E-state index contributed by atoms with van der Waals surface area (Å²) in [5.41, 5.74) is 1.04. The standard InChI is InChI=1S/C11H9BrClN3O/c1-16-6-7(12)4-10(16)11(17)15-9-5-14-3-2-8(9)13/h2-6H,1H3,(H,15,17). The van der Waals surface area contributed by atoms with Crippen LogP contribution in [0.15, 0.2) is 35.2 Å². The Kier molecular flexibility index (Phi) is 3.49. The molecule has 0 aliphatic rings. The van der Waals surface area contributed by atoms with Crippen LogP contribution in [0.2, 0.25) is 5.02 Å². The number of aromatic nitrogens is 2. The molecule has 6 heteroatoms. The minimum Gasteiger partial charge on any atom is -0.345 e. The van der Waals surface area contributed by atoms with Gasteiger partial charge in [-0.3, -0.25) is 9.78 Å². The fourth-order valence-corrected chi connectivity index (χ4v) is 2.08. The quantitative estimate of drug-likeness (QED) is 0.926. The van der Waals surface area contributed by atoms with Crippen LogP contribution in [0.4, 0.5) is 5.69 Å². The molecule has 0 aromatic carbocycles. The van der Waals surface area contributed by atoms with Crippen LogP contribution in [0.5, 0.6) is 0 Å². The van der Waals surface area contributed by atoms with Crippen LogP contribution >= 0.6 is 27.5 Å². The van der Waals surface area contributed by atoms with Gasteiger partial charge in [-0.1, -0.05) is 11.6 Å². The number of pyridine rings is 1. The molecule has 2 heterocycles. The fraction of sp³-hybridized carbons (Fsp3) is 0.0909. The third-order valence-electron chi connectivity index (χ3n) is 2.22. The molecule has 4 nitrogen and oxygen atoms in total. The SMILES string of the molecule is Cn1cc(Br)cc1C(=O)Nc1cnccc1Cl. The van der Waals surface area contributed by atoms with Gasteiger partial charge in [0.1, 0.15) is 5.69 Å². The molecule has 0 aliphatic heterocycles. The molecule has 0 fully saturated rings. The number of carbonyl (C=O) groups excluding carboxylic acids is 1. The van der Waals surface area contributed by atoms with E-state index in [4.69, 9.17) is 11.6 Å². The van der Waals surface area contributed by atoms with E-state index in [0.29, 0.717) is 16.4 Å². The second-order valence-corrected chi connectivity index (χ2v) is 4.79. The highest BCUT2D eigenvalue weighted by Crippen LogP contribution is 2.21. The molecule has 0 atom stereocenters. The molecule has 17 heavy (non-hydrogen) atoms. The molecule has 88 valence electrons. The lowest BCUT2D eigenvalue weighted by Gasteiger charge is -2.06. The van der Waals surface area contributed by atoms with E-state index in [0.717, 1.165) is 4.47 Å². The summed E-state index contributed by atoms with van der Waals surface area (Å²) in [5, 5.41) is 3.17. The van der Waals surface area contributed by atoms with Gasteiger partial charge in [0.05, 0.1) is 16.9 Å². The predicted octanol–water partition coefficient (Wildman–Crippen LogP) is 3.09. The van der Waals surface area contributed by atoms with E-state index < -0.39 is 0 Å². The Morgan fingerprint density at radius 3 is 2.94 bits per heavy atom. The van der Waals surface area contributed by atoms with Crippen LogP contribution in [0, 0.1) is 0 Å². The molecular weight excluding hydrogens is 305 g/mol. The van der Waals surface area contributed by atoms with Crippen LogP contribution in [-0.2, 0) is 7.05 Å². The van der Waals surface area contributed by atoms with E-state index >= 15 is 0 Å². The Balaban J connectivity index is 2.23. The van der Waals surface area contributed by atoms with Crippen molar-refractivity contribution in [3.8, 4) is 0 Å². The highest BCUT2D eigenvalue weighted by atomic mass is 79.9. The summed E-state index contributed by atoms with van der Waals surface area (Å²) in [4.78, 5) is 15.9. The van der Waals surface area contributed by atoms with Crippen LogP contribution in [-0.4, -0.2) is 15.5 Å². The van der Waals surface area contributed by atoms with E-state index in [1.165, 1.54) is 6.20 Å². The Bertz CT molecular complexity index is 568. The van der Waals surface area contributed by atoms with Gasteiger partial charge in [0, 0.05) is 23.9 Å². The molecule has 2 aromatic heterocycles. The maximum absolute atomic E-state index is 12.0. The molecular formula is C11H9BrClN3O. The van der Waals surface area contributed by atoms with Crippen molar-refractivity contribution in [3.63, 3.8) is 0 Å². The first-order chi connectivity index (χ1) is 8.08. The monoisotopic (exact) mass is 313 g/mol. The first kappa shape index (κ1) is 12.1. The summed E-state index contributed by atoms with van der Waals surface area (Å²) in [6.07, 6.45) is 4.88. The van der Waals surface area contributed by atoms with Crippen molar-refractivity contribution in [3.05, 3.63) is 45.9 Å². The number of aryl methyl sites for hydroxylation is 1. The van der Waals surface area contributed by atoms with Gasteiger partial charge < -0.3 is 9.88 Å². The van der Waals surface area contributed by atoms with Gasteiger partial charge in [-0.05, 0) is 28.1 Å². The summed E-state index contributed by atoms with van der Waals surface area (Å²) in [6.45, 7) is 0. The lowest BCUT2D eigenvalue weighted by molar-refractivity contribution is 0.101. The summed E-state index contributed by atoms with van der Waals surface area (Å²) in [7, 11) is 1.80. The number of hydrogen-bond donors (Lipinski definition) is 1.